The molecule has 1 saturated heterocycles. The van der Waals surface area contributed by atoms with Crippen molar-refractivity contribution in [1.29, 1.82) is 0 Å². The van der Waals surface area contributed by atoms with Gasteiger partial charge in [0.2, 0.25) is 0 Å². The zero-order chi connectivity index (χ0) is 7.40. The minimum atomic E-state index is -0.112. The molecule has 0 aliphatic carbocycles. The van der Waals surface area contributed by atoms with Crippen molar-refractivity contribution < 1.29 is 5.11 Å². The largest absolute Gasteiger partial charge is 0.392 e. The van der Waals surface area contributed by atoms with Crippen molar-refractivity contribution in [2.75, 3.05) is 24.7 Å². The molecule has 0 radical (unpaired) electrons. The van der Waals surface area contributed by atoms with E-state index in [-0.39, 0.29) is 6.10 Å². The Labute approximate surface area is 66.6 Å². The number of hydrogen-bond acceptors (Lipinski definition) is 3. The Morgan fingerprint density at radius 1 is 1.70 bits per heavy atom. The lowest BCUT2D eigenvalue weighted by Crippen LogP contribution is -2.29. The van der Waals surface area contributed by atoms with E-state index in [2.05, 4.69) is 4.90 Å². The molecule has 2 nitrogen and oxygen atoms in total. The first kappa shape index (κ1) is 8.37. The van der Waals surface area contributed by atoms with Crippen LogP contribution in [0.5, 0.6) is 0 Å². The standard InChI is InChI=1S/C7H15NOS/c1-2-7(9)5-8-3-4-10-6-8/h7,9H,2-6H2,1H3. The zero-order valence-corrected chi connectivity index (χ0v) is 7.23. The smallest absolute Gasteiger partial charge is 0.0664 e. The number of aliphatic hydroxyl groups excluding tert-OH is 1. The van der Waals surface area contributed by atoms with Crippen LogP contribution in [0.1, 0.15) is 13.3 Å². The highest BCUT2D eigenvalue weighted by atomic mass is 32.2. The molecule has 1 atom stereocenters. The third-order valence-corrected chi connectivity index (χ3v) is 2.78. The second-order valence-corrected chi connectivity index (χ2v) is 3.75. The Hall–Kier alpha value is 0.270. The fourth-order valence-corrected chi connectivity index (χ4v) is 2.03. The third-order valence-electron chi connectivity index (χ3n) is 1.77. The molecule has 1 N–H and O–H groups in total. The van der Waals surface area contributed by atoms with Gasteiger partial charge in [0.05, 0.1) is 6.10 Å². The second kappa shape index (κ2) is 4.21. The molecule has 3 heteroatoms. The number of hydrogen-bond donors (Lipinski definition) is 1. The van der Waals surface area contributed by atoms with Gasteiger partial charge in [0.1, 0.15) is 0 Å². The van der Waals surface area contributed by atoms with Crippen LogP contribution in [0, 0.1) is 0 Å². The Morgan fingerprint density at radius 3 is 3.00 bits per heavy atom. The Kier molecular flexibility index (Phi) is 3.52. The first-order valence-corrected chi connectivity index (χ1v) is 4.96. The first-order chi connectivity index (χ1) is 4.83. The minimum Gasteiger partial charge on any atom is -0.392 e. The molecule has 0 aromatic heterocycles. The van der Waals surface area contributed by atoms with E-state index in [9.17, 15) is 5.11 Å². The second-order valence-electron chi connectivity index (χ2n) is 2.68. The summed E-state index contributed by atoms with van der Waals surface area (Å²) in [5.74, 6) is 2.34. The Bertz CT molecular complexity index is 93.6. The van der Waals surface area contributed by atoms with Crippen LogP contribution < -0.4 is 0 Å². The van der Waals surface area contributed by atoms with Crippen LogP contribution in [0.25, 0.3) is 0 Å². The fourth-order valence-electron chi connectivity index (χ4n) is 1.02. The first-order valence-electron chi connectivity index (χ1n) is 3.81. The molecule has 60 valence electrons. The molecule has 0 amide bonds. The van der Waals surface area contributed by atoms with Gasteiger partial charge in [-0.1, -0.05) is 6.92 Å². The highest BCUT2D eigenvalue weighted by Gasteiger charge is 2.14. The predicted molar refractivity (Wildman–Crippen MR) is 45.2 cm³/mol. The fraction of sp³-hybridized carbons (Fsp3) is 1.00. The summed E-state index contributed by atoms with van der Waals surface area (Å²) in [7, 11) is 0. The summed E-state index contributed by atoms with van der Waals surface area (Å²) in [4.78, 5) is 2.30. The summed E-state index contributed by atoms with van der Waals surface area (Å²) in [6, 6.07) is 0. The molecule has 1 aliphatic heterocycles. The molecule has 0 spiro atoms. The molecular formula is C7H15NOS. The number of aliphatic hydroxyl groups is 1. The normalized spacial score (nSPS) is 23.4. The van der Waals surface area contributed by atoms with Gasteiger partial charge in [-0.15, -0.1) is 11.8 Å². The summed E-state index contributed by atoms with van der Waals surface area (Å²) in [5.41, 5.74) is 0. The van der Waals surface area contributed by atoms with E-state index < -0.39 is 0 Å². The molecule has 0 aromatic carbocycles. The van der Waals surface area contributed by atoms with Crippen molar-refractivity contribution in [3.8, 4) is 0 Å². The Balaban J connectivity index is 2.11. The van der Waals surface area contributed by atoms with Crippen LogP contribution in [0.4, 0.5) is 0 Å². The van der Waals surface area contributed by atoms with Crippen LogP contribution in [0.2, 0.25) is 0 Å². The van der Waals surface area contributed by atoms with Gasteiger partial charge in [0, 0.05) is 24.7 Å². The van der Waals surface area contributed by atoms with E-state index in [0.717, 1.165) is 25.4 Å². The molecule has 1 fully saturated rings. The average molecular weight is 161 g/mol. The van der Waals surface area contributed by atoms with Gasteiger partial charge in [-0.2, -0.15) is 0 Å². The minimum absolute atomic E-state index is 0.112. The molecule has 0 bridgehead atoms. The molecule has 1 rings (SSSR count). The lowest BCUT2D eigenvalue weighted by Gasteiger charge is -2.16. The van der Waals surface area contributed by atoms with E-state index in [1.165, 1.54) is 5.75 Å². The van der Waals surface area contributed by atoms with Crippen molar-refractivity contribution in [1.82, 2.24) is 4.90 Å². The van der Waals surface area contributed by atoms with Gasteiger partial charge in [-0.25, -0.2) is 0 Å². The highest BCUT2D eigenvalue weighted by molar-refractivity contribution is 7.99. The highest BCUT2D eigenvalue weighted by Crippen LogP contribution is 2.13. The van der Waals surface area contributed by atoms with Gasteiger partial charge in [0.25, 0.3) is 0 Å². The summed E-state index contributed by atoms with van der Waals surface area (Å²) in [6.07, 6.45) is 0.764. The molecule has 1 unspecified atom stereocenters. The van der Waals surface area contributed by atoms with Crippen molar-refractivity contribution in [3.05, 3.63) is 0 Å². The molecular weight excluding hydrogens is 146 g/mol. The topological polar surface area (TPSA) is 23.5 Å². The maximum Gasteiger partial charge on any atom is 0.0664 e. The lowest BCUT2D eigenvalue weighted by atomic mass is 10.3. The van der Waals surface area contributed by atoms with Gasteiger partial charge in [-0.05, 0) is 6.42 Å². The SMILES string of the molecule is CCC(O)CN1CCSC1. The van der Waals surface area contributed by atoms with Crippen molar-refractivity contribution in [2.24, 2.45) is 0 Å². The zero-order valence-electron chi connectivity index (χ0n) is 6.42. The van der Waals surface area contributed by atoms with Crippen molar-refractivity contribution in [2.45, 2.75) is 19.4 Å². The number of β-amino-alcohol motifs (C(OH)–C–C–N with tert-alkyl or cyclic N) is 1. The molecule has 1 aliphatic rings. The number of nitrogens with zero attached hydrogens (tertiary/aromatic N) is 1. The third kappa shape index (κ3) is 2.48. The van der Waals surface area contributed by atoms with Crippen LogP contribution in [0.15, 0.2) is 0 Å². The van der Waals surface area contributed by atoms with Crippen LogP contribution in [-0.2, 0) is 0 Å². The summed E-state index contributed by atoms with van der Waals surface area (Å²) in [5, 5.41) is 9.27. The van der Waals surface area contributed by atoms with E-state index in [1.54, 1.807) is 0 Å². The number of thioether (sulfide) groups is 1. The quantitative estimate of drug-likeness (QED) is 0.661. The molecule has 0 aromatic rings. The summed E-state index contributed by atoms with van der Waals surface area (Å²) >= 11 is 1.95. The number of rotatable bonds is 3. The van der Waals surface area contributed by atoms with Gasteiger partial charge >= 0.3 is 0 Å². The van der Waals surface area contributed by atoms with Gasteiger partial charge in [0.15, 0.2) is 0 Å². The van der Waals surface area contributed by atoms with E-state index in [0.29, 0.717) is 0 Å². The predicted octanol–water partition coefficient (Wildman–Crippen LogP) is 0.764. The van der Waals surface area contributed by atoms with E-state index in [4.69, 9.17) is 0 Å². The van der Waals surface area contributed by atoms with Gasteiger partial charge < -0.3 is 5.11 Å². The van der Waals surface area contributed by atoms with Crippen molar-refractivity contribution >= 4 is 11.8 Å². The Morgan fingerprint density at radius 2 is 2.50 bits per heavy atom. The molecule has 1 heterocycles. The van der Waals surface area contributed by atoms with Crippen LogP contribution in [-0.4, -0.2) is 40.8 Å². The van der Waals surface area contributed by atoms with Crippen molar-refractivity contribution in [3.63, 3.8) is 0 Å². The summed E-state index contributed by atoms with van der Waals surface area (Å²) in [6.45, 7) is 4.04. The van der Waals surface area contributed by atoms with Gasteiger partial charge in [-0.3, -0.25) is 4.90 Å². The van der Waals surface area contributed by atoms with E-state index >= 15 is 0 Å². The monoisotopic (exact) mass is 161 g/mol. The maximum absolute atomic E-state index is 9.27. The van der Waals surface area contributed by atoms with Crippen LogP contribution in [0.3, 0.4) is 0 Å². The maximum atomic E-state index is 9.27. The summed E-state index contributed by atoms with van der Waals surface area (Å²) < 4.78 is 0. The molecule has 10 heavy (non-hydrogen) atoms. The lowest BCUT2D eigenvalue weighted by molar-refractivity contribution is 0.125. The average Bonchev–Trinajstić information content (AvgIpc) is 2.40. The molecule has 0 saturated carbocycles. The van der Waals surface area contributed by atoms with Crippen LogP contribution >= 0.6 is 11.8 Å². The van der Waals surface area contributed by atoms with E-state index in [1.807, 2.05) is 18.7 Å².